The average Bonchev–Trinajstić information content (AvgIpc) is 3.10. The fourth-order valence-electron chi connectivity index (χ4n) is 2.89. The first kappa shape index (κ1) is 18.8. The van der Waals surface area contributed by atoms with E-state index in [4.69, 9.17) is 9.15 Å². The van der Waals surface area contributed by atoms with Crippen LogP contribution in [0.2, 0.25) is 0 Å². The summed E-state index contributed by atoms with van der Waals surface area (Å²) < 4.78 is 11.3. The summed E-state index contributed by atoms with van der Waals surface area (Å²) in [6.45, 7) is 5.08. The lowest BCUT2D eigenvalue weighted by atomic mass is 10.0. The second-order valence-corrected chi connectivity index (χ2v) is 5.64. The molecule has 1 atom stereocenters. The molecule has 1 saturated heterocycles. The van der Waals surface area contributed by atoms with Crippen LogP contribution in [0.5, 0.6) is 0 Å². The van der Waals surface area contributed by atoms with Crippen LogP contribution in [0.25, 0.3) is 0 Å². The van der Waals surface area contributed by atoms with Gasteiger partial charge in [-0.3, -0.25) is 4.99 Å². The lowest BCUT2D eigenvalue weighted by molar-refractivity contribution is -0.00836. The Bertz CT molecular complexity index is 658. The Labute approximate surface area is 160 Å². The molecule has 1 aliphatic rings. The standard InChI is InChI=1S/C18H23N3O2.HI/c1-14-6-3-4-8-16(14)17-13-21(9-11-23-17)18(19-2)20-12-15-7-5-10-22-15;/h3-8,10,17H,9,11-13H2,1-2H3,(H,19,20);1H. The molecule has 6 heteroatoms. The molecular weight excluding hydrogens is 417 g/mol. The van der Waals surface area contributed by atoms with Crippen molar-refractivity contribution in [1.29, 1.82) is 0 Å². The Hall–Kier alpha value is -1.54. The number of halogens is 1. The molecule has 0 bridgehead atoms. The predicted octanol–water partition coefficient (Wildman–Crippen LogP) is 3.35. The highest BCUT2D eigenvalue weighted by Gasteiger charge is 2.25. The lowest BCUT2D eigenvalue weighted by Crippen LogP contribution is -2.48. The summed E-state index contributed by atoms with van der Waals surface area (Å²) in [5.74, 6) is 1.78. The van der Waals surface area contributed by atoms with E-state index < -0.39 is 0 Å². The topological polar surface area (TPSA) is 50.0 Å². The molecule has 1 aromatic heterocycles. The molecule has 0 radical (unpaired) electrons. The SMILES string of the molecule is CN=C(NCc1ccco1)N1CCOC(c2ccccc2C)C1.I. The number of morpholine rings is 1. The van der Waals surface area contributed by atoms with Crippen molar-refractivity contribution in [3.05, 3.63) is 59.5 Å². The van der Waals surface area contributed by atoms with Crippen molar-refractivity contribution in [3.8, 4) is 0 Å². The van der Waals surface area contributed by atoms with Crippen molar-refractivity contribution in [2.75, 3.05) is 26.7 Å². The summed E-state index contributed by atoms with van der Waals surface area (Å²) in [5.41, 5.74) is 2.51. The van der Waals surface area contributed by atoms with Gasteiger partial charge in [0, 0.05) is 13.6 Å². The average molecular weight is 441 g/mol. The molecule has 1 unspecified atom stereocenters. The van der Waals surface area contributed by atoms with Gasteiger partial charge in [-0.05, 0) is 30.2 Å². The molecule has 0 aliphatic carbocycles. The van der Waals surface area contributed by atoms with Crippen LogP contribution >= 0.6 is 24.0 Å². The monoisotopic (exact) mass is 441 g/mol. The first-order valence-electron chi connectivity index (χ1n) is 7.93. The zero-order chi connectivity index (χ0) is 16.1. The highest BCUT2D eigenvalue weighted by atomic mass is 127. The molecule has 0 amide bonds. The van der Waals surface area contributed by atoms with Crippen LogP contribution in [0.3, 0.4) is 0 Å². The largest absolute Gasteiger partial charge is 0.467 e. The van der Waals surface area contributed by atoms with E-state index in [-0.39, 0.29) is 30.1 Å². The van der Waals surface area contributed by atoms with E-state index in [1.54, 1.807) is 6.26 Å². The summed E-state index contributed by atoms with van der Waals surface area (Å²) in [5, 5.41) is 3.35. The molecule has 3 rings (SSSR count). The molecule has 1 aliphatic heterocycles. The smallest absolute Gasteiger partial charge is 0.194 e. The van der Waals surface area contributed by atoms with Crippen molar-refractivity contribution in [1.82, 2.24) is 10.2 Å². The number of rotatable bonds is 3. The van der Waals surface area contributed by atoms with Gasteiger partial charge in [-0.1, -0.05) is 24.3 Å². The van der Waals surface area contributed by atoms with E-state index in [1.807, 2.05) is 19.2 Å². The van der Waals surface area contributed by atoms with Gasteiger partial charge >= 0.3 is 0 Å². The van der Waals surface area contributed by atoms with E-state index in [0.29, 0.717) is 13.2 Å². The van der Waals surface area contributed by atoms with Gasteiger partial charge in [-0.25, -0.2) is 0 Å². The minimum atomic E-state index is 0. The van der Waals surface area contributed by atoms with E-state index in [2.05, 4.69) is 46.4 Å². The van der Waals surface area contributed by atoms with Crippen LogP contribution in [0.4, 0.5) is 0 Å². The zero-order valence-electron chi connectivity index (χ0n) is 14.1. The maximum absolute atomic E-state index is 5.98. The van der Waals surface area contributed by atoms with Crippen molar-refractivity contribution in [2.45, 2.75) is 19.6 Å². The number of furan rings is 1. The zero-order valence-corrected chi connectivity index (χ0v) is 16.4. The van der Waals surface area contributed by atoms with E-state index in [0.717, 1.165) is 24.8 Å². The number of benzene rings is 1. The Morgan fingerprint density at radius 3 is 2.83 bits per heavy atom. The first-order valence-corrected chi connectivity index (χ1v) is 7.93. The molecule has 2 heterocycles. The molecule has 2 aromatic rings. The molecule has 130 valence electrons. The van der Waals surface area contributed by atoms with Crippen LogP contribution in [0.15, 0.2) is 52.1 Å². The third-order valence-electron chi connectivity index (χ3n) is 4.11. The normalized spacial score (nSPS) is 18.2. The number of nitrogens with zero attached hydrogens (tertiary/aromatic N) is 2. The predicted molar refractivity (Wildman–Crippen MR) is 106 cm³/mol. The number of hydrogen-bond donors (Lipinski definition) is 1. The summed E-state index contributed by atoms with van der Waals surface area (Å²) in [4.78, 5) is 6.64. The van der Waals surface area contributed by atoms with E-state index in [9.17, 15) is 0 Å². The molecule has 0 spiro atoms. The molecule has 24 heavy (non-hydrogen) atoms. The maximum atomic E-state index is 5.98. The van der Waals surface area contributed by atoms with Crippen molar-refractivity contribution in [3.63, 3.8) is 0 Å². The van der Waals surface area contributed by atoms with Gasteiger partial charge in [-0.15, -0.1) is 24.0 Å². The van der Waals surface area contributed by atoms with Crippen molar-refractivity contribution in [2.24, 2.45) is 4.99 Å². The van der Waals surface area contributed by atoms with Crippen LogP contribution in [-0.2, 0) is 11.3 Å². The molecule has 1 N–H and O–H groups in total. The third-order valence-corrected chi connectivity index (χ3v) is 4.11. The Balaban J connectivity index is 0.00000208. The molecular formula is C18H24IN3O2. The van der Waals surface area contributed by atoms with Gasteiger partial charge in [0.15, 0.2) is 5.96 Å². The fourth-order valence-corrected chi connectivity index (χ4v) is 2.89. The van der Waals surface area contributed by atoms with Gasteiger partial charge in [0.2, 0.25) is 0 Å². The fraction of sp³-hybridized carbons (Fsp3) is 0.389. The van der Waals surface area contributed by atoms with Gasteiger partial charge in [0.25, 0.3) is 0 Å². The van der Waals surface area contributed by atoms with Crippen molar-refractivity contribution >= 4 is 29.9 Å². The minimum absolute atomic E-state index is 0. The highest BCUT2D eigenvalue weighted by Crippen LogP contribution is 2.24. The number of ether oxygens (including phenoxy) is 1. The van der Waals surface area contributed by atoms with Gasteiger partial charge < -0.3 is 19.4 Å². The number of nitrogens with one attached hydrogen (secondary N) is 1. The Morgan fingerprint density at radius 2 is 2.12 bits per heavy atom. The highest BCUT2D eigenvalue weighted by molar-refractivity contribution is 14.0. The Kier molecular flexibility index (Phi) is 7.11. The molecule has 1 aromatic carbocycles. The summed E-state index contributed by atoms with van der Waals surface area (Å²) in [7, 11) is 1.81. The maximum Gasteiger partial charge on any atom is 0.194 e. The van der Waals surface area contributed by atoms with Crippen LogP contribution in [-0.4, -0.2) is 37.6 Å². The van der Waals surface area contributed by atoms with E-state index >= 15 is 0 Å². The van der Waals surface area contributed by atoms with Crippen LogP contribution < -0.4 is 5.32 Å². The van der Waals surface area contributed by atoms with Gasteiger partial charge in [0.1, 0.15) is 11.9 Å². The Morgan fingerprint density at radius 1 is 1.29 bits per heavy atom. The van der Waals surface area contributed by atoms with Gasteiger partial charge in [0.05, 0.1) is 26.0 Å². The molecule has 1 fully saturated rings. The van der Waals surface area contributed by atoms with Crippen LogP contribution in [0, 0.1) is 6.92 Å². The van der Waals surface area contributed by atoms with Crippen LogP contribution in [0.1, 0.15) is 23.0 Å². The quantitative estimate of drug-likeness (QED) is 0.451. The minimum Gasteiger partial charge on any atom is -0.467 e. The van der Waals surface area contributed by atoms with Gasteiger partial charge in [-0.2, -0.15) is 0 Å². The summed E-state index contributed by atoms with van der Waals surface area (Å²) in [6.07, 6.45) is 1.76. The second kappa shape index (κ2) is 9.08. The summed E-state index contributed by atoms with van der Waals surface area (Å²) in [6, 6.07) is 12.2. The second-order valence-electron chi connectivity index (χ2n) is 5.64. The third kappa shape index (κ3) is 4.51. The number of aryl methyl sites for hydroxylation is 1. The van der Waals surface area contributed by atoms with E-state index in [1.165, 1.54) is 11.1 Å². The molecule has 5 nitrogen and oxygen atoms in total. The van der Waals surface area contributed by atoms with Crippen molar-refractivity contribution < 1.29 is 9.15 Å². The number of guanidine groups is 1. The lowest BCUT2D eigenvalue weighted by Gasteiger charge is -2.35. The first-order chi connectivity index (χ1) is 11.3. The number of hydrogen-bond acceptors (Lipinski definition) is 3. The summed E-state index contributed by atoms with van der Waals surface area (Å²) >= 11 is 0. The molecule has 0 saturated carbocycles. The number of aliphatic imine (C=N–C) groups is 1.